The molecule has 0 saturated carbocycles. The van der Waals surface area contributed by atoms with Crippen molar-refractivity contribution < 1.29 is 28.6 Å². The van der Waals surface area contributed by atoms with Crippen LogP contribution in [0.2, 0.25) is 0 Å². The van der Waals surface area contributed by atoms with Gasteiger partial charge in [0.05, 0.1) is 5.41 Å². The van der Waals surface area contributed by atoms with Crippen molar-refractivity contribution >= 4 is 28.8 Å². The van der Waals surface area contributed by atoms with Gasteiger partial charge in [0, 0.05) is 58.8 Å². The maximum Gasteiger partial charge on any atom is 0.209 e. The zero-order valence-corrected chi connectivity index (χ0v) is 29.1. The summed E-state index contributed by atoms with van der Waals surface area (Å²) in [5.74, 6) is 1.10. The summed E-state index contributed by atoms with van der Waals surface area (Å²) in [5.41, 5.74) is 11.1. The summed E-state index contributed by atoms with van der Waals surface area (Å²) in [7, 11) is 8.76. The Morgan fingerprint density at radius 2 is 1.59 bits per heavy atom. The van der Waals surface area contributed by atoms with E-state index in [0.717, 1.165) is 25.1 Å². The molecule has 0 fully saturated rings. The Morgan fingerprint density at radius 3 is 2.27 bits per heavy atom. The third-order valence-electron chi connectivity index (χ3n) is 9.03. The number of thioether (sulfide) groups is 1. The van der Waals surface area contributed by atoms with E-state index in [2.05, 4.69) is 143 Å². The molecule has 0 unspecified atom stereocenters. The molecule has 5 heteroatoms. The van der Waals surface area contributed by atoms with Crippen molar-refractivity contribution in [1.29, 1.82) is 0 Å². The van der Waals surface area contributed by atoms with E-state index >= 15 is 0 Å². The SMILES string of the molecule is CN(C)CCSC1=C(/C=C/C2=[N+](C)c3ccccc3C2(C)C)CCC/C1=C\C=C1\N(C)c2ccccc2C1(C)C.[I-]. The Morgan fingerprint density at radius 1 is 0.902 bits per heavy atom. The van der Waals surface area contributed by atoms with Crippen molar-refractivity contribution in [2.45, 2.75) is 57.8 Å². The van der Waals surface area contributed by atoms with Gasteiger partial charge in [-0.05, 0) is 76.1 Å². The first-order valence-corrected chi connectivity index (χ1v) is 15.7. The zero-order chi connectivity index (χ0) is 28.7. The monoisotopic (exact) mass is 679 g/mol. The Kier molecular flexibility index (Phi) is 9.82. The molecule has 0 amide bonds. The van der Waals surface area contributed by atoms with Crippen molar-refractivity contribution in [2.75, 3.05) is 45.4 Å². The van der Waals surface area contributed by atoms with Gasteiger partial charge in [0.1, 0.15) is 7.05 Å². The minimum absolute atomic E-state index is 0. The van der Waals surface area contributed by atoms with Crippen LogP contribution in [-0.2, 0) is 10.8 Å². The Labute approximate surface area is 269 Å². The highest BCUT2D eigenvalue weighted by Crippen LogP contribution is 2.47. The van der Waals surface area contributed by atoms with Gasteiger partial charge >= 0.3 is 0 Å². The van der Waals surface area contributed by atoms with Crippen LogP contribution in [0.4, 0.5) is 11.4 Å². The number of allylic oxidation sites excluding steroid dienone is 7. The van der Waals surface area contributed by atoms with Gasteiger partial charge in [0.15, 0.2) is 5.71 Å². The van der Waals surface area contributed by atoms with E-state index in [4.69, 9.17) is 0 Å². The number of fused-ring (bicyclic) bond motifs is 2. The summed E-state index contributed by atoms with van der Waals surface area (Å²) < 4.78 is 2.38. The van der Waals surface area contributed by atoms with Gasteiger partial charge in [-0.1, -0.05) is 62.4 Å². The van der Waals surface area contributed by atoms with Crippen molar-refractivity contribution in [3.8, 4) is 0 Å². The second-order valence-electron chi connectivity index (χ2n) is 12.7. The molecule has 0 radical (unpaired) electrons. The van der Waals surface area contributed by atoms with Gasteiger partial charge in [-0.2, -0.15) is 4.58 Å². The lowest BCUT2D eigenvalue weighted by molar-refractivity contribution is -0.401. The molecule has 2 aromatic carbocycles. The van der Waals surface area contributed by atoms with E-state index in [-0.39, 0.29) is 34.8 Å². The lowest BCUT2D eigenvalue weighted by Gasteiger charge is -2.25. The van der Waals surface area contributed by atoms with Gasteiger partial charge < -0.3 is 33.8 Å². The van der Waals surface area contributed by atoms with Crippen molar-refractivity contribution in [1.82, 2.24) is 4.90 Å². The number of nitrogens with zero attached hydrogens (tertiary/aromatic N) is 3. The van der Waals surface area contributed by atoms with Crippen LogP contribution in [0.15, 0.2) is 94.6 Å². The smallest absolute Gasteiger partial charge is 0.209 e. The Balaban J connectivity index is 0.00000387. The van der Waals surface area contributed by atoms with E-state index in [1.165, 1.54) is 56.4 Å². The number of halogens is 1. The van der Waals surface area contributed by atoms with Crippen molar-refractivity contribution in [3.05, 3.63) is 106 Å². The summed E-state index contributed by atoms with van der Waals surface area (Å²) in [4.78, 5) is 6.15. The molecular formula is C36H46IN3S. The average Bonchev–Trinajstić information content (AvgIpc) is 3.24. The molecular weight excluding hydrogens is 633 g/mol. The third kappa shape index (κ3) is 6.05. The standard InChI is InChI=1S/C36H46N3S.HI/c1-35(2)28-16-9-11-18-30(28)38(7)32(35)22-20-26-14-13-15-27(34(26)40-25-24-37(5)6)21-23-33-36(3,4)29-17-10-12-19-31(29)39(33)8;/h9-12,16-23H,13-15,24-25H2,1-8H3;1H/q+1;/p-1. The number of rotatable bonds is 7. The molecule has 0 N–H and O–H groups in total. The summed E-state index contributed by atoms with van der Waals surface area (Å²) >= 11 is 2.04. The number of anilines is 1. The molecule has 0 bridgehead atoms. The first-order valence-electron chi connectivity index (χ1n) is 14.7. The summed E-state index contributed by atoms with van der Waals surface area (Å²) in [6, 6.07) is 17.7. The highest BCUT2D eigenvalue weighted by molar-refractivity contribution is 8.03. The van der Waals surface area contributed by atoms with Crippen LogP contribution in [0.5, 0.6) is 0 Å². The molecule has 0 saturated heterocycles. The van der Waals surface area contributed by atoms with Gasteiger partial charge in [0.25, 0.3) is 0 Å². The molecule has 0 atom stereocenters. The second-order valence-corrected chi connectivity index (χ2v) is 13.8. The van der Waals surface area contributed by atoms with Crippen molar-refractivity contribution in [2.24, 2.45) is 0 Å². The normalized spacial score (nSPS) is 21.3. The van der Waals surface area contributed by atoms with Crippen LogP contribution in [0.3, 0.4) is 0 Å². The first-order chi connectivity index (χ1) is 19.0. The Hall–Kier alpha value is -2.09. The predicted octanol–water partition coefficient (Wildman–Crippen LogP) is 5.22. The van der Waals surface area contributed by atoms with Crippen LogP contribution in [0, 0.1) is 0 Å². The molecule has 2 heterocycles. The minimum Gasteiger partial charge on any atom is -1.00 e. The highest BCUT2D eigenvalue weighted by Gasteiger charge is 2.42. The second kappa shape index (κ2) is 12.6. The van der Waals surface area contributed by atoms with E-state index in [0.29, 0.717) is 0 Å². The molecule has 218 valence electrons. The fourth-order valence-electron chi connectivity index (χ4n) is 6.70. The molecule has 3 nitrogen and oxygen atoms in total. The van der Waals surface area contributed by atoms with E-state index in [1.54, 1.807) is 0 Å². The number of benzene rings is 2. The molecule has 0 spiro atoms. The molecule has 5 rings (SSSR count). The van der Waals surface area contributed by atoms with Crippen LogP contribution in [0.1, 0.15) is 58.1 Å². The van der Waals surface area contributed by atoms with Gasteiger partial charge in [-0.25, -0.2) is 0 Å². The zero-order valence-electron chi connectivity index (χ0n) is 26.1. The average molecular weight is 680 g/mol. The molecule has 41 heavy (non-hydrogen) atoms. The predicted molar refractivity (Wildman–Crippen MR) is 175 cm³/mol. The first kappa shape index (κ1) is 31.8. The van der Waals surface area contributed by atoms with Gasteiger partial charge in [-0.15, -0.1) is 11.8 Å². The maximum absolute atomic E-state index is 2.43. The van der Waals surface area contributed by atoms with Crippen molar-refractivity contribution in [3.63, 3.8) is 0 Å². The van der Waals surface area contributed by atoms with Gasteiger partial charge in [-0.3, -0.25) is 0 Å². The third-order valence-corrected chi connectivity index (χ3v) is 10.2. The van der Waals surface area contributed by atoms with Crippen LogP contribution in [-0.4, -0.2) is 55.7 Å². The highest BCUT2D eigenvalue weighted by atomic mass is 127. The van der Waals surface area contributed by atoms with E-state index in [1.807, 2.05) is 11.8 Å². The Bertz CT molecular complexity index is 1450. The van der Waals surface area contributed by atoms with Crippen LogP contribution < -0.4 is 28.9 Å². The fraction of sp³-hybridized carbons (Fsp3) is 0.417. The molecule has 2 aliphatic heterocycles. The fourth-order valence-corrected chi connectivity index (χ4v) is 8.07. The maximum atomic E-state index is 2.43. The number of likely N-dealkylation sites (N-methyl/N-ethyl adjacent to an activating group) is 1. The van der Waals surface area contributed by atoms with Gasteiger partial charge in [0.2, 0.25) is 5.69 Å². The molecule has 0 aromatic heterocycles. The number of hydrogen-bond acceptors (Lipinski definition) is 3. The molecule has 3 aliphatic rings. The van der Waals surface area contributed by atoms with E-state index < -0.39 is 0 Å². The molecule has 1 aliphatic carbocycles. The minimum atomic E-state index is -0.00790. The topological polar surface area (TPSA) is 9.49 Å². The largest absolute Gasteiger partial charge is 1.00 e. The van der Waals surface area contributed by atoms with Crippen LogP contribution >= 0.6 is 11.8 Å². The number of hydrogen-bond donors (Lipinski definition) is 0. The molecule has 2 aromatic rings. The summed E-state index contributed by atoms with van der Waals surface area (Å²) in [5, 5.41) is 0. The van der Waals surface area contributed by atoms with Crippen LogP contribution in [0.25, 0.3) is 0 Å². The quantitative estimate of drug-likeness (QED) is 0.294. The lowest BCUT2D eigenvalue weighted by Crippen LogP contribution is -3.00. The summed E-state index contributed by atoms with van der Waals surface area (Å²) in [6.45, 7) is 10.5. The number of para-hydroxylation sites is 2. The van der Waals surface area contributed by atoms with E-state index in [9.17, 15) is 0 Å². The summed E-state index contributed by atoms with van der Waals surface area (Å²) in [6.07, 6.45) is 13.1. The lowest BCUT2D eigenvalue weighted by atomic mass is 9.81.